The van der Waals surface area contributed by atoms with Crippen LogP contribution in [0.5, 0.6) is 0 Å². The summed E-state index contributed by atoms with van der Waals surface area (Å²) in [6, 6.07) is 0. The van der Waals surface area contributed by atoms with Crippen molar-refractivity contribution in [2.45, 2.75) is 6.23 Å². The van der Waals surface area contributed by atoms with Crippen molar-refractivity contribution in [1.29, 1.82) is 0 Å². The van der Waals surface area contributed by atoms with Crippen molar-refractivity contribution >= 4 is 5.91 Å². The topological polar surface area (TPSA) is 39.3 Å². The van der Waals surface area contributed by atoms with Crippen LogP contribution in [0, 0.1) is 0 Å². The Morgan fingerprint density at radius 1 is 1.33 bits per heavy atom. The molecule has 0 N–H and O–H groups in total. The van der Waals surface area contributed by atoms with Gasteiger partial charge in [-0.1, -0.05) is 0 Å². The molecule has 2 saturated heterocycles. The number of carbonyl (C=O) groups excluding carboxylic acids is 1. The number of piperazine rings is 1. The summed E-state index contributed by atoms with van der Waals surface area (Å²) in [5.74, 6) is 0.186. The molecule has 2 rings (SSSR count). The van der Waals surface area contributed by atoms with E-state index in [2.05, 4.69) is 9.80 Å². The first-order chi connectivity index (χ1) is 7.16. The zero-order valence-electron chi connectivity index (χ0n) is 9.48. The molecule has 0 aliphatic carbocycles. The van der Waals surface area contributed by atoms with E-state index in [4.69, 9.17) is 4.74 Å². The number of ether oxygens (including phenoxy) is 1. The molecule has 5 nitrogen and oxygen atoms in total. The highest BCUT2D eigenvalue weighted by molar-refractivity contribution is 5.77. The van der Waals surface area contributed by atoms with E-state index in [0.29, 0.717) is 12.8 Å². The average Bonchev–Trinajstić information content (AvgIpc) is 3.02. The van der Waals surface area contributed by atoms with Crippen molar-refractivity contribution < 1.29 is 9.53 Å². The average molecular weight is 213 g/mol. The largest absolute Gasteiger partial charge is 0.357 e. The van der Waals surface area contributed by atoms with Gasteiger partial charge in [-0.3, -0.25) is 14.6 Å². The van der Waals surface area contributed by atoms with E-state index in [1.807, 2.05) is 0 Å². The van der Waals surface area contributed by atoms with Crippen molar-refractivity contribution in [2.24, 2.45) is 0 Å². The monoisotopic (exact) mass is 213 g/mol. The molecule has 2 aliphatic heterocycles. The molecule has 1 unspecified atom stereocenters. The lowest BCUT2D eigenvalue weighted by atomic mass is 10.3. The fourth-order valence-corrected chi connectivity index (χ4v) is 1.80. The van der Waals surface area contributed by atoms with E-state index in [-0.39, 0.29) is 5.91 Å². The van der Waals surface area contributed by atoms with Crippen molar-refractivity contribution in [3.05, 3.63) is 0 Å². The first kappa shape index (κ1) is 10.9. The van der Waals surface area contributed by atoms with Gasteiger partial charge in [0.1, 0.15) is 6.23 Å². The SMILES string of the molecule is CN(C)C(=O)CN1CCN(C2CO2)CC1. The quantitative estimate of drug-likeness (QED) is 0.567. The first-order valence-electron chi connectivity index (χ1n) is 5.45. The Kier molecular flexibility index (Phi) is 3.23. The third kappa shape index (κ3) is 2.90. The second kappa shape index (κ2) is 4.47. The van der Waals surface area contributed by atoms with E-state index in [9.17, 15) is 4.79 Å². The Labute approximate surface area is 90.6 Å². The highest BCUT2D eigenvalue weighted by Crippen LogP contribution is 2.16. The number of hydrogen-bond donors (Lipinski definition) is 0. The van der Waals surface area contributed by atoms with E-state index in [1.165, 1.54) is 0 Å². The van der Waals surface area contributed by atoms with Crippen LogP contribution in [0.3, 0.4) is 0 Å². The lowest BCUT2D eigenvalue weighted by Crippen LogP contribution is -2.50. The molecule has 1 atom stereocenters. The zero-order valence-corrected chi connectivity index (χ0v) is 9.48. The molecule has 0 radical (unpaired) electrons. The van der Waals surface area contributed by atoms with Crippen LogP contribution in [0.15, 0.2) is 0 Å². The standard InChI is InChI=1S/C10H19N3O2/c1-11(2)9(14)7-12-3-5-13(6-4-12)10-8-15-10/h10H,3-8H2,1-2H3. The van der Waals surface area contributed by atoms with Crippen LogP contribution in [0.25, 0.3) is 0 Å². The van der Waals surface area contributed by atoms with Gasteiger partial charge in [0, 0.05) is 40.3 Å². The van der Waals surface area contributed by atoms with Gasteiger partial charge in [0.15, 0.2) is 0 Å². The number of carbonyl (C=O) groups is 1. The number of hydrogen-bond acceptors (Lipinski definition) is 4. The van der Waals surface area contributed by atoms with Crippen LogP contribution >= 0.6 is 0 Å². The fourth-order valence-electron chi connectivity index (χ4n) is 1.80. The van der Waals surface area contributed by atoms with Crippen molar-refractivity contribution in [2.75, 3.05) is 53.4 Å². The molecule has 0 aromatic heterocycles. The minimum absolute atomic E-state index is 0.186. The van der Waals surface area contributed by atoms with Gasteiger partial charge < -0.3 is 9.64 Å². The second-order valence-electron chi connectivity index (χ2n) is 4.39. The van der Waals surface area contributed by atoms with E-state index < -0.39 is 0 Å². The van der Waals surface area contributed by atoms with Crippen LogP contribution in [-0.4, -0.2) is 80.3 Å². The Bertz CT molecular complexity index is 233. The molecule has 86 valence electrons. The summed E-state index contributed by atoms with van der Waals surface area (Å²) < 4.78 is 5.23. The smallest absolute Gasteiger partial charge is 0.236 e. The molecule has 0 saturated carbocycles. The van der Waals surface area contributed by atoms with Crippen LogP contribution < -0.4 is 0 Å². The minimum Gasteiger partial charge on any atom is -0.357 e. The number of amides is 1. The van der Waals surface area contributed by atoms with E-state index in [1.54, 1.807) is 19.0 Å². The highest BCUT2D eigenvalue weighted by Gasteiger charge is 2.32. The Balaban J connectivity index is 1.70. The van der Waals surface area contributed by atoms with Gasteiger partial charge in [0.25, 0.3) is 0 Å². The number of rotatable bonds is 3. The molecule has 1 amide bonds. The van der Waals surface area contributed by atoms with Crippen molar-refractivity contribution in [3.63, 3.8) is 0 Å². The summed E-state index contributed by atoms with van der Waals surface area (Å²) in [4.78, 5) is 17.7. The van der Waals surface area contributed by atoms with Gasteiger partial charge >= 0.3 is 0 Å². The predicted molar refractivity (Wildman–Crippen MR) is 56.4 cm³/mol. The lowest BCUT2D eigenvalue weighted by Gasteiger charge is -2.33. The normalized spacial score (nSPS) is 27.7. The Morgan fingerprint density at radius 2 is 1.93 bits per heavy atom. The summed E-state index contributed by atoms with van der Waals surface area (Å²) in [7, 11) is 3.60. The molecule has 2 heterocycles. The van der Waals surface area contributed by atoms with E-state index in [0.717, 1.165) is 32.8 Å². The summed E-state index contributed by atoms with van der Waals surface area (Å²) in [5, 5.41) is 0. The number of likely N-dealkylation sites (N-methyl/N-ethyl adjacent to an activating group) is 1. The molecule has 5 heteroatoms. The fraction of sp³-hybridized carbons (Fsp3) is 0.900. The Morgan fingerprint density at radius 3 is 2.40 bits per heavy atom. The number of nitrogens with zero attached hydrogens (tertiary/aromatic N) is 3. The van der Waals surface area contributed by atoms with Gasteiger partial charge in [-0.05, 0) is 0 Å². The first-order valence-corrected chi connectivity index (χ1v) is 5.45. The molecule has 2 fully saturated rings. The molecule has 15 heavy (non-hydrogen) atoms. The van der Waals surface area contributed by atoms with Gasteiger partial charge in [0.2, 0.25) is 5.91 Å². The second-order valence-corrected chi connectivity index (χ2v) is 4.39. The predicted octanol–water partition coefficient (Wildman–Crippen LogP) is -0.951. The maximum absolute atomic E-state index is 11.5. The van der Waals surface area contributed by atoms with Crippen LogP contribution in [0.1, 0.15) is 0 Å². The zero-order chi connectivity index (χ0) is 10.8. The molecule has 0 aromatic rings. The molecule has 0 aromatic carbocycles. The highest BCUT2D eigenvalue weighted by atomic mass is 16.6. The summed E-state index contributed by atoms with van der Waals surface area (Å²) in [5.41, 5.74) is 0. The van der Waals surface area contributed by atoms with Gasteiger partial charge in [-0.25, -0.2) is 0 Å². The van der Waals surface area contributed by atoms with E-state index >= 15 is 0 Å². The number of epoxide rings is 1. The summed E-state index contributed by atoms with van der Waals surface area (Å²) in [6.45, 7) is 5.42. The third-order valence-corrected chi connectivity index (χ3v) is 2.99. The van der Waals surface area contributed by atoms with Crippen molar-refractivity contribution in [1.82, 2.24) is 14.7 Å². The van der Waals surface area contributed by atoms with Crippen LogP contribution in [-0.2, 0) is 9.53 Å². The van der Waals surface area contributed by atoms with Crippen LogP contribution in [0.2, 0.25) is 0 Å². The lowest BCUT2D eigenvalue weighted by molar-refractivity contribution is -0.130. The summed E-state index contributed by atoms with van der Waals surface area (Å²) >= 11 is 0. The summed E-state index contributed by atoms with van der Waals surface area (Å²) in [6.07, 6.45) is 0.372. The van der Waals surface area contributed by atoms with Gasteiger partial charge in [0.05, 0.1) is 13.2 Å². The van der Waals surface area contributed by atoms with Crippen LogP contribution in [0.4, 0.5) is 0 Å². The third-order valence-electron chi connectivity index (χ3n) is 2.99. The molecule has 0 bridgehead atoms. The molecule has 0 spiro atoms. The molecular formula is C10H19N3O2. The maximum atomic E-state index is 11.5. The van der Waals surface area contributed by atoms with Gasteiger partial charge in [-0.15, -0.1) is 0 Å². The molecule has 2 aliphatic rings. The molecular weight excluding hydrogens is 194 g/mol. The van der Waals surface area contributed by atoms with Gasteiger partial charge in [-0.2, -0.15) is 0 Å². The van der Waals surface area contributed by atoms with Crippen molar-refractivity contribution in [3.8, 4) is 0 Å². The maximum Gasteiger partial charge on any atom is 0.236 e. The Hall–Kier alpha value is -0.650. The minimum atomic E-state index is 0.186.